The summed E-state index contributed by atoms with van der Waals surface area (Å²) in [5.74, 6) is -0.720. The number of carbonyl (C=O) groups excluding carboxylic acids is 1. The molecule has 5 nitrogen and oxygen atoms in total. The fourth-order valence-electron chi connectivity index (χ4n) is 1.89. The summed E-state index contributed by atoms with van der Waals surface area (Å²) in [5, 5.41) is 8.88. The first-order valence-electron chi connectivity index (χ1n) is 6.52. The van der Waals surface area contributed by atoms with Gasteiger partial charge < -0.3 is 0 Å². The van der Waals surface area contributed by atoms with Crippen LogP contribution in [0.1, 0.15) is 15.9 Å². The zero-order valence-corrected chi connectivity index (χ0v) is 12.7. The number of sulfonamides is 1. The Hall–Kier alpha value is -2.65. The van der Waals surface area contributed by atoms with Crippen LogP contribution in [0.15, 0.2) is 59.5 Å². The number of aryl methyl sites for hydroxylation is 1. The average Bonchev–Trinajstić information content (AvgIpc) is 2.53. The summed E-state index contributed by atoms with van der Waals surface area (Å²) in [5.41, 5.74) is 1.12. The van der Waals surface area contributed by atoms with Crippen molar-refractivity contribution in [2.45, 2.75) is 11.8 Å². The van der Waals surface area contributed by atoms with E-state index in [0.717, 1.165) is 5.56 Å². The third-order valence-corrected chi connectivity index (χ3v) is 4.81. The predicted molar refractivity (Wildman–Crippen MR) is 81.5 cm³/mol. The number of nitriles is 1. The molecule has 6 heteroatoms. The first-order valence-corrected chi connectivity index (χ1v) is 7.96. The van der Waals surface area contributed by atoms with Gasteiger partial charge in [-0.3, -0.25) is 4.79 Å². The quantitative estimate of drug-likeness (QED) is 0.812. The summed E-state index contributed by atoms with van der Waals surface area (Å²) in [6.07, 6.45) is 0. The van der Waals surface area contributed by atoms with E-state index in [1.54, 1.807) is 36.4 Å². The second-order valence-electron chi connectivity index (χ2n) is 4.65. The molecule has 0 fully saturated rings. The normalized spacial score (nSPS) is 10.7. The molecule has 0 aliphatic heterocycles. The lowest BCUT2D eigenvalue weighted by atomic mass is 10.2. The highest BCUT2D eigenvalue weighted by atomic mass is 32.2. The van der Waals surface area contributed by atoms with Crippen LogP contribution >= 0.6 is 0 Å². The van der Waals surface area contributed by atoms with Crippen LogP contribution in [0.5, 0.6) is 0 Å². The molecule has 0 saturated heterocycles. The molecule has 0 N–H and O–H groups in total. The number of carbonyl (C=O) groups is 1. The van der Waals surface area contributed by atoms with E-state index < -0.39 is 22.5 Å². The summed E-state index contributed by atoms with van der Waals surface area (Å²) < 4.78 is 25.8. The van der Waals surface area contributed by atoms with E-state index in [0.29, 0.717) is 4.31 Å². The Morgan fingerprint density at radius 3 is 2.23 bits per heavy atom. The van der Waals surface area contributed by atoms with E-state index in [4.69, 9.17) is 5.26 Å². The zero-order chi connectivity index (χ0) is 16.2. The number of benzene rings is 2. The SMILES string of the molecule is Cc1ccc(S(=O)(=O)N(CC#N)C(=O)c2ccccc2)cc1. The van der Waals surface area contributed by atoms with E-state index in [9.17, 15) is 13.2 Å². The van der Waals surface area contributed by atoms with Crippen LogP contribution in [0.4, 0.5) is 0 Å². The van der Waals surface area contributed by atoms with Gasteiger partial charge in [-0.05, 0) is 31.2 Å². The molecule has 0 saturated carbocycles. The van der Waals surface area contributed by atoms with E-state index in [1.165, 1.54) is 24.3 Å². The van der Waals surface area contributed by atoms with Crippen molar-refractivity contribution in [1.82, 2.24) is 4.31 Å². The first kappa shape index (κ1) is 15.7. The van der Waals surface area contributed by atoms with Crippen molar-refractivity contribution in [2.24, 2.45) is 0 Å². The van der Waals surface area contributed by atoms with E-state index in [2.05, 4.69) is 0 Å². The Balaban J connectivity index is 2.45. The summed E-state index contributed by atoms with van der Waals surface area (Å²) in [7, 11) is -4.07. The molecular weight excluding hydrogens is 300 g/mol. The molecule has 0 heterocycles. The minimum absolute atomic E-state index is 0.0161. The number of hydrogen-bond acceptors (Lipinski definition) is 4. The topological polar surface area (TPSA) is 78.2 Å². The molecule has 22 heavy (non-hydrogen) atoms. The van der Waals surface area contributed by atoms with Crippen molar-refractivity contribution < 1.29 is 13.2 Å². The van der Waals surface area contributed by atoms with Crippen molar-refractivity contribution in [1.29, 1.82) is 5.26 Å². The fourth-order valence-corrected chi connectivity index (χ4v) is 3.18. The molecule has 0 atom stereocenters. The van der Waals surface area contributed by atoms with Gasteiger partial charge in [0.15, 0.2) is 0 Å². The van der Waals surface area contributed by atoms with Crippen LogP contribution in [0.3, 0.4) is 0 Å². The summed E-state index contributed by atoms with van der Waals surface area (Å²) in [6.45, 7) is 1.29. The van der Waals surface area contributed by atoms with Crippen molar-refractivity contribution >= 4 is 15.9 Å². The van der Waals surface area contributed by atoms with Crippen molar-refractivity contribution in [3.05, 3.63) is 65.7 Å². The van der Waals surface area contributed by atoms with Gasteiger partial charge >= 0.3 is 0 Å². The number of amides is 1. The summed E-state index contributed by atoms with van der Waals surface area (Å²) >= 11 is 0. The lowest BCUT2D eigenvalue weighted by molar-refractivity contribution is 0.0872. The van der Waals surface area contributed by atoms with Crippen molar-refractivity contribution in [2.75, 3.05) is 6.54 Å². The maximum atomic E-state index is 12.6. The van der Waals surface area contributed by atoms with Crippen molar-refractivity contribution in [3.8, 4) is 6.07 Å². The highest BCUT2D eigenvalue weighted by molar-refractivity contribution is 7.89. The highest BCUT2D eigenvalue weighted by Crippen LogP contribution is 2.18. The number of rotatable bonds is 4. The van der Waals surface area contributed by atoms with Gasteiger partial charge in [0.1, 0.15) is 6.54 Å². The van der Waals surface area contributed by atoms with Gasteiger partial charge in [0.25, 0.3) is 15.9 Å². The fraction of sp³-hybridized carbons (Fsp3) is 0.125. The second-order valence-corrected chi connectivity index (χ2v) is 6.52. The molecule has 0 aliphatic rings. The third kappa shape index (κ3) is 3.15. The minimum atomic E-state index is -4.07. The lowest BCUT2D eigenvalue weighted by Crippen LogP contribution is -2.37. The summed E-state index contributed by atoms with van der Waals surface area (Å²) in [6, 6.07) is 15.9. The Labute approximate surface area is 129 Å². The van der Waals surface area contributed by atoms with E-state index in [1.807, 2.05) is 6.92 Å². The molecule has 0 radical (unpaired) electrons. The zero-order valence-electron chi connectivity index (χ0n) is 11.9. The van der Waals surface area contributed by atoms with Crippen molar-refractivity contribution in [3.63, 3.8) is 0 Å². The Kier molecular flexibility index (Phi) is 4.59. The monoisotopic (exact) mass is 314 g/mol. The molecule has 112 valence electrons. The molecule has 0 aromatic heterocycles. The molecule has 2 aromatic rings. The van der Waals surface area contributed by atoms with Gasteiger partial charge in [-0.15, -0.1) is 0 Å². The van der Waals surface area contributed by atoms with Gasteiger partial charge in [0.2, 0.25) is 0 Å². The largest absolute Gasteiger partial charge is 0.268 e. The molecule has 0 aliphatic carbocycles. The van der Waals surface area contributed by atoms with Crippen LogP contribution in [-0.4, -0.2) is 25.2 Å². The van der Waals surface area contributed by atoms with Crippen LogP contribution in [0.25, 0.3) is 0 Å². The third-order valence-electron chi connectivity index (χ3n) is 3.07. The maximum Gasteiger partial charge on any atom is 0.268 e. The average molecular weight is 314 g/mol. The maximum absolute atomic E-state index is 12.6. The predicted octanol–water partition coefficient (Wildman–Crippen LogP) is 2.35. The minimum Gasteiger partial charge on any atom is -0.268 e. The van der Waals surface area contributed by atoms with Gasteiger partial charge in [0.05, 0.1) is 11.0 Å². The Morgan fingerprint density at radius 2 is 1.68 bits per heavy atom. The lowest BCUT2D eigenvalue weighted by Gasteiger charge is -2.19. The smallest absolute Gasteiger partial charge is 0.268 e. The van der Waals surface area contributed by atoms with E-state index in [-0.39, 0.29) is 10.5 Å². The second kappa shape index (κ2) is 6.41. The Morgan fingerprint density at radius 1 is 1.09 bits per heavy atom. The van der Waals surface area contributed by atoms with Gasteiger partial charge in [-0.1, -0.05) is 35.9 Å². The molecule has 2 rings (SSSR count). The molecule has 0 bridgehead atoms. The Bertz CT molecular complexity index is 807. The first-order chi connectivity index (χ1) is 10.5. The van der Waals surface area contributed by atoms with Crippen LogP contribution in [-0.2, 0) is 10.0 Å². The highest BCUT2D eigenvalue weighted by Gasteiger charge is 2.29. The molecule has 2 aromatic carbocycles. The standard InChI is InChI=1S/C16H14N2O3S/c1-13-7-9-15(10-8-13)22(20,21)18(12-11-17)16(19)14-5-3-2-4-6-14/h2-10H,12H2,1H3. The molecule has 0 unspecified atom stereocenters. The van der Waals surface area contributed by atoms with Crippen LogP contribution < -0.4 is 0 Å². The number of hydrogen-bond donors (Lipinski definition) is 0. The molecular formula is C16H14N2O3S. The van der Waals surface area contributed by atoms with E-state index >= 15 is 0 Å². The molecule has 1 amide bonds. The molecule has 0 spiro atoms. The van der Waals surface area contributed by atoms with Crippen LogP contribution in [0.2, 0.25) is 0 Å². The van der Waals surface area contributed by atoms with Crippen LogP contribution in [0, 0.1) is 18.3 Å². The number of nitrogens with zero attached hydrogens (tertiary/aromatic N) is 2. The summed E-state index contributed by atoms with van der Waals surface area (Å²) in [4.78, 5) is 12.4. The van der Waals surface area contributed by atoms with Gasteiger partial charge in [-0.25, -0.2) is 12.7 Å². The van der Waals surface area contributed by atoms with Gasteiger partial charge in [0, 0.05) is 5.56 Å². The van der Waals surface area contributed by atoms with Gasteiger partial charge in [-0.2, -0.15) is 5.26 Å².